The van der Waals surface area contributed by atoms with Gasteiger partial charge >= 0.3 is 5.97 Å². The number of benzene rings is 2. The van der Waals surface area contributed by atoms with E-state index in [1.165, 1.54) is 4.90 Å². The maximum absolute atomic E-state index is 13.9. The molecule has 0 aromatic heterocycles. The average Bonchev–Trinajstić information content (AvgIpc) is 3.34. The number of rotatable bonds is 9. The zero-order valence-electron chi connectivity index (χ0n) is 21.6. The molecule has 8 nitrogen and oxygen atoms in total. The fourth-order valence-corrected chi connectivity index (χ4v) is 5.56. The lowest BCUT2D eigenvalue weighted by atomic mass is 9.77. The summed E-state index contributed by atoms with van der Waals surface area (Å²) in [5.74, 6) is -2.11. The largest absolute Gasteiger partial charge is 0.494 e. The number of carbonyl (C=O) groups excluding carboxylic acids is 3. The smallest absolute Gasteiger partial charge is 0.327 e. The Morgan fingerprint density at radius 3 is 2.19 bits per heavy atom. The van der Waals surface area contributed by atoms with Gasteiger partial charge in [-0.3, -0.25) is 19.7 Å². The van der Waals surface area contributed by atoms with Gasteiger partial charge in [0.25, 0.3) is 0 Å². The number of hydrogen-bond donors (Lipinski definition) is 1. The summed E-state index contributed by atoms with van der Waals surface area (Å²) in [6.07, 6.45) is 1.03. The van der Waals surface area contributed by atoms with Crippen molar-refractivity contribution in [3.63, 3.8) is 0 Å². The fraction of sp³-hybridized carbons (Fsp3) is 0.464. The molecule has 2 aromatic rings. The van der Waals surface area contributed by atoms with E-state index in [4.69, 9.17) is 9.47 Å². The van der Waals surface area contributed by atoms with Crippen molar-refractivity contribution >= 4 is 29.2 Å². The Morgan fingerprint density at radius 2 is 1.64 bits per heavy atom. The minimum atomic E-state index is -1.28. The van der Waals surface area contributed by atoms with E-state index in [1.54, 1.807) is 31.2 Å². The Bertz CT molecular complexity index is 1120. The number of ether oxygens (including phenoxy) is 2. The Hall–Kier alpha value is -3.39. The van der Waals surface area contributed by atoms with Crippen LogP contribution in [0.4, 0.5) is 11.4 Å². The van der Waals surface area contributed by atoms with Crippen LogP contribution >= 0.6 is 0 Å². The van der Waals surface area contributed by atoms with Crippen LogP contribution < -0.4 is 19.9 Å². The lowest BCUT2D eigenvalue weighted by Crippen LogP contribution is -2.56. The van der Waals surface area contributed by atoms with Crippen LogP contribution in [0.25, 0.3) is 0 Å². The number of nitrogens with one attached hydrogen (secondary N) is 1. The van der Waals surface area contributed by atoms with Gasteiger partial charge in [-0.25, -0.2) is 4.90 Å². The first-order valence-electron chi connectivity index (χ1n) is 12.6. The first kappa shape index (κ1) is 25.7. The summed E-state index contributed by atoms with van der Waals surface area (Å²) in [6, 6.07) is 14.3. The SMILES string of the molecule is CCC[C@]1(C(=O)OCC)N[C@H](c2ccc(N(C)C)cc2)[C@@H]2C(=O)N(c3ccc(OCC)cc3)C(=O)[C@H]21. The molecule has 2 fully saturated rings. The van der Waals surface area contributed by atoms with Gasteiger partial charge in [-0.15, -0.1) is 0 Å². The first-order chi connectivity index (χ1) is 17.3. The molecule has 2 heterocycles. The Balaban J connectivity index is 1.80. The van der Waals surface area contributed by atoms with Crippen LogP contribution in [0, 0.1) is 11.8 Å². The molecule has 2 aliphatic rings. The molecule has 1 N–H and O–H groups in total. The standard InChI is InChI=1S/C28H35N3O5/c1-6-17-28(27(34)36-8-3)23-22(24(29-28)18-9-11-19(12-10-18)30(4)5)25(32)31(26(23)33)20-13-15-21(16-14-20)35-7-2/h9-16,22-24,29H,6-8,17H2,1-5H3/t22-,23+,24-,28+/m1/s1. The molecule has 0 unspecified atom stereocenters. The molecule has 36 heavy (non-hydrogen) atoms. The molecule has 0 bridgehead atoms. The number of esters is 1. The number of nitrogens with zero attached hydrogens (tertiary/aromatic N) is 2. The third-order valence-corrected chi connectivity index (χ3v) is 7.11. The maximum Gasteiger partial charge on any atom is 0.327 e. The number of amides is 2. The van der Waals surface area contributed by atoms with Crippen LogP contribution in [0.3, 0.4) is 0 Å². The summed E-state index contributed by atoms with van der Waals surface area (Å²) in [4.78, 5) is 44.5. The summed E-state index contributed by atoms with van der Waals surface area (Å²) < 4.78 is 11.0. The van der Waals surface area contributed by atoms with Crippen molar-refractivity contribution in [2.75, 3.05) is 37.1 Å². The minimum absolute atomic E-state index is 0.191. The van der Waals surface area contributed by atoms with Crippen LogP contribution in [0.1, 0.15) is 45.2 Å². The first-order valence-corrected chi connectivity index (χ1v) is 12.6. The molecule has 4 atom stereocenters. The second kappa shape index (κ2) is 10.3. The third kappa shape index (κ3) is 4.23. The summed E-state index contributed by atoms with van der Waals surface area (Å²) >= 11 is 0. The second-order valence-corrected chi connectivity index (χ2v) is 9.49. The average molecular weight is 494 g/mol. The molecule has 0 radical (unpaired) electrons. The summed E-state index contributed by atoms with van der Waals surface area (Å²) in [6.45, 7) is 6.31. The fourth-order valence-electron chi connectivity index (χ4n) is 5.56. The molecule has 8 heteroatoms. The van der Waals surface area contributed by atoms with E-state index in [9.17, 15) is 14.4 Å². The van der Waals surface area contributed by atoms with Gasteiger partial charge in [-0.2, -0.15) is 0 Å². The highest BCUT2D eigenvalue weighted by molar-refractivity contribution is 6.24. The van der Waals surface area contributed by atoms with Crippen LogP contribution in [0.15, 0.2) is 48.5 Å². The van der Waals surface area contributed by atoms with Gasteiger partial charge in [0.15, 0.2) is 0 Å². The van der Waals surface area contributed by atoms with Crippen LogP contribution in [-0.4, -0.2) is 50.6 Å². The lowest BCUT2D eigenvalue weighted by molar-refractivity contribution is -0.155. The van der Waals surface area contributed by atoms with Gasteiger partial charge in [-0.05, 0) is 62.2 Å². The maximum atomic E-state index is 13.9. The van der Waals surface area contributed by atoms with E-state index >= 15 is 0 Å². The molecular weight excluding hydrogens is 458 g/mol. The van der Waals surface area contributed by atoms with Crippen molar-refractivity contribution in [3.05, 3.63) is 54.1 Å². The van der Waals surface area contributed by atoms with Gasteiger partial charge in [0.05, 0.1) is 30.7 Å². The summed E-state index contributed by atoms with van der Waals surface area (Å²) in [5, 5.41) is 3.44. The molecule has 2 amide bonds. The number of imide groups is 1. The van der Waals surface area contributed by atoms with Gasteiger partial charge in [-0.1, -0.05) is 25.5 Å². The molecule has 192 valence electrons. The van der Waals surface area contributed by atoms with Crippen molar-refractivity contribution in [2.45, 2.75) is 45.2 Å². The second-order valence-electron chi connectivity index (χ2n) is 9.49. The molecule has 0 aliphatic carbocycles. The predicted octanol–water partition coefficient (Wildman–Crippen LogP) is 3.70. The van der Waals surface area contributed by atoms with E-state index < -0.39 is 29.4 Å². The lowest BCUT2D eigenvalue weighted by Gasteiger charge is -2.32. The van der Waals surface area contributed by atoms with Crippen LogP contribution in [0.2, 0.25) is 0 Å². The normalized spacial score (nSPS) is 25.1. The van der Waals surface area contributed by atoms with Crippen molar-refractivity contribution < 1.29 is 23.9 Å². The molecule has 0 spiro atoms. The van der Waals surface area contributed by atoms with Crippen LogP contribution in [0.5, 0.6) is 5.75 Å². The topological polar surface area (TPSA) is 88.2 Å². The van der Waals surface area contributed by atoms with E-state index in [2.05, 4.69) is 5.32 Å². The summed E-state index contributed by atoms with van der Waals surface area (Å²) in [7, 11) is 3.92. The van der Waals surface area contributed by atoms with E-state index in [-0.39, 0.29) is 18.4 Å². The minimum Gasteiger partial charge on any atom is -0.494 e. The Morgan fingerprint density at radius 1 is 0.972 bits per heavy atom. The molecule has 0 saturated carbocycles. The molecule has 4 rings (SSSR count). The summed E-state index contributed by atoms with van der Waals surface area (Å²) in [5.41, 5.74) is 1.06. The van der Waals surface area contributed by atoms with Gasteiger partial charge in [0.1, 0.15) is 11.3 Å². The van der Waals surface area contributed by atoms with Gasteiger partial charge in [0, 0.05) is 25.8 Å². The predicted molar refractivity (Wildman–Crippen MR) is 138 cm³/mol. The number of anilines is 2. The number of hydrogen-bond acceptors (Lipinski definition) is 7. The van der Waals surface area contributed by atoms with E-state index in [0.29, 0.717) is 30.9 Å². The van der Waals surface area contributed by atoms with Crippen molar-refractivity contribution in [2.24, 2.45) is 11.8 Å². The highest BCUT2D eigenvalue weighted by Crippen LogP contribution is 2.51. The zero-order valence-corrected chi connectivity index (χ0v) is 21.6. The van der Waals surface area contributed by atoms with Crippen molar-refractivity contribution in [1.29, 1.82) is 0 Å². The van der Waals surface area contributed by atoms with Gasteiger partial charge in [0.2, 0.25) is 11.8 Å². The quantitative estimate of drug-likeness (QED) is 0.421. The van der Waals surface area contributed by atoms with Crippen molar-refractivity contribution in [1.82, 2.24) is 5.32 Å². The van der Waals surface area contributed by atoms with Crippen molar-refractivity contribution in [3.8, 4) is 5.75 Å². The number of carbonyl (C=O) groups is 3. The molecule has 2 aromatic carbocycles. The highest BCUT2D eigenvalue weighted by Gasteiger charge is 2.68. The molecule has 2 aliphatic heterocycles. The molecular formula is C28H35N3O5. The zero-order chi connectivity index (χ0) is 26.0. The van der Waals surface area contributed by atoms with E-state index in [1.807, 2.05) is 57.1 Å². The van der Waals surface area contributed by atoms with Gasteiger partial charge < -0.3 is 14.4 Å². The monoisotopic (exact) mass is 493 g/mol. The molecule has 2 saturated heterocycles. The van der Waals surface area contributed by atoms with Crippen LogP contribution in [-0.2, 0) is 19.1 Å². The Kier molecular flexibility index (Phi) is 7.36. The van der Waals surface area contributed by atoms with E-state index in [0.717, 1.165) is 11.3 Å². The highest BCUT2D eigenvalue weighted by atomic mass is 16.5. The third-order valence-electron chi connectivity index (χ3n) is 7.11. The number of fused-ring (bicyclic) bond motifs is 1. The Labute approximate surface area is 212 Å².